The van der Waals surface area contributed by atoms with Crippen molar-refractivity contribution in [2.24, 2.45) is 0 Å². The molecule has 0 bridgehead atoms. The monoisotopic (exact) mass is 581 g/mol. The van der Waals surface area contributed by atoms with E-state index in [1.807, 2.05) is 20.8 Å². The van der Waals surface area contributed by atoms with Gasteiger partial charge >= 0.3 is 6.18 Å². The van der Waals surface area contributed by atoms with Crippen LogP contribution in [0.4, 0.5) is 13.2 Å². The van der Waals surface area contributed by atoms with E-state index in [0.717, 1.165) is 0 Å². The topological polar surface area (TPSA) is 111 Å². The Balaban J connectivity index is 2.01. The summed E-state index contributed by atoms with van der Waals surface area (Å²) < 4.78 is 72.8. The van der Waals surface area contributed by atoms with Crippen molar-refractivity contribution in [3.63, 3.8) is 0 Å². The van der Waals surface area contributed by atoms with Crippen LogP contribution in [0.2, 0.25) is 0 Å². The number of aliphatic hydroxyl groups is 1. The number of amides is 1. The number of methoxy groups -OCH3 is 1. The lowest BCUT2D eigenvalue weighted by atomic mass is 9.95. The predicted molar refractivity (Wildman–Crippen MR) is 144 cm³/mol. The number of halogens is 3. The third-order valence-corrected chi connectivity index (χ3v) is 8.31. The summed E-state index contributed by atoms with van der Waals surface area (Å²) in [5, 5.41) is 12.7. The van der Waals surface area contributed by atoms with Gasteiger partial charge in [-0.25, -0.2) is 13.4 Å². The number of hydrogen-bond donors (Lipinski definition) is 2. The van der Waals surface area contributed by atoms with Crippen molar-refractivity contribution < 1.29 is 36.2 Å². The number of ether oxygens (including phenoxy) is 1. The molecule has 3 rings (SSSR count). The summed E-state index contributed by atoms with van der Waals surface area (Å²) in [5.74, 6) is -0.597. The number of sulfone groups is 1. The highest BCUT2D eigenvalue weighted by atomic mass is 32.2. The zero-order valence-corrected chi connectivity index (χ0v) is 24.1. The van der Waals surface area contributed by atoms with Crippen LogP contribution >= 0.6 is 0 Å². The molecule has 1 aromatic heterocycles. The van der Waals surface area contributed by atoms with Gasteiger partial charge in [0.1, 0.15) is 22.8 Å². The molecule has 40 heavy (non-hydrogen) atoms. The smallest absolute Gasteiger partial charge is 0.420 e. The first kappa shape index (κ1) is 31.2. The van der Waals surface area contributed by atoms with Gasteiger partial charge in [-0.05, 0) is 36.2 Å². The summed E-state index contributed by atoms with van der Waals surface area (Å²) in [4.78, 5) is 18.0. The molecule has 0 aliphatic carbocycles. The highest BCUT2D eigenvalue weighted by Gasteiger charge is 2.38. The fraction of sp³-hybridized carbons (Fsp3) is 0.429. The summed E-state index contributed by atoms with van der Waals surface area (Å²) in [6.45, 7) is 7.97. The summed E-state index contributed by atoms with van der Waals surface area (Å²) in [7, 11) is -2.24. The molecule has 0 saturated carbocycles. The van der Waals surface area contributed by atoms with Crippen LogP contribution in [0.25, 0.3) is 0 Å². The molecule has 8 nitrogen and oxygen atoms in total. The maximum atomic E-state index is 14.0. The van der Waals surface area contributed by atoms with Crippen LogP contribution in [0.3, 0.4) is 0 Å². The van der Waals surface area contributed by atoms with Gasteiger partial charge in [0.2, 0.25) is 0 Å². The molecule has 1 atom stereocenters. The molecule has 218 valence electrons. The average molecular weight is 582 g/mol. The van der Waals surface area contributed by atoms with E-state index in [1.165, 1.54) is 56.5 Å². The number of imidazole rings is 1. The van der Waals surface area contributed by atoms with Crippen molar-refractivity contribution >= 4 is 15.7 Å². The molecule has 0 spiro atoms. The second-order valence-corrected chi connectivity index (χ2v) is 12.7. The Hall–Kier alpha value is -3.38. The second-order valence-electron chi connectivity index (χ2n) is 10.4. The van der Waals surface area contributed by atoms with E-state index in [1.54, 1.807) is 11.5 Å². The Morgan fingerprint density at radius 2 is 1.75 bits per heavy atom. The van der Waals surface area contributed by atoms with Crippen molar-refractivity contribution in [3.8, 4) is 5.75 Å². The number of carbonyl (C=O) groups excluding carboxylic acids is 1. The van der Waals surface area contributed by atoms with E-state index < -0.39 is 45.5 Å². The van der Waals surface area contributed by atoms with Gasteiger partial charge in [0.05, 0.1) is 30.4 Å². The molecule has 2 aromatic carbocycles. The highest BCUT2D eigenvalue weighted by molar-refractivity contribution is 7.91. The van der Waals surface area contributed by atoms with Crippen LogP contribution < -0.4 is 10.1 Å². The zero-order chi connectivity index (χ0) is 30.0. The number of nitrogens with one attached hydrogen (secondary N) is 1. The normalized spacial score (nSPS) is 13.2. The van der Waals surface area contributed by atoms with E-state index >= 15 is 0 Å². The van der Waals surface area contributed by atoms with E-state index in [2.05, 4.69) is 10.3 Å². The molecular weight excluding hydrogens is 547 g/mol. The minimum atomic E-state index is -4.67. The first-order valence-electron chi connectivity index (χ1n) is 12.6. The van der Waals surface area contributed by atoms with Crippen molar-refractivity contribution in [1.29, 1.82) is 0 Å². The number of rotatable bonds is 9. The number of alkyl halides is 3. The van der Waals surface area contributed by atoms with E-state index in [4.69, 9.17) is 4.74 Å². The molecule has 12 heteroatoms. The van der Waals surface area contributed by atoms with Gasteiger partial charge in [-0.15, -0.1) is 0 Å². The third-order valence-electron chi connectivity index (χ3n) is 6.56. The van der Waals surface area contributed by atoms with Gasteiger partial charge in [0, 0.05) is 17.7 Å². The first-order valence-corrected chi connectivity index (χ1v) is 14.3. The Kier molecular flexibility index (Phi) is 9.05. The SMILES string of the molecule is CCS(=O)(=O)c1ccc(C(CO)NC(=O)c2nc(C(C)(C)C)n(Cc3cccc(OC)c3C(F)(F)F)c2C)cc1. The van der Waals surface area contributed by atoms with Gasteiger partial charge in [0.15, 0.2) is 9.84 Å². The van der Waals surface area contributed by atoms with Crippen molar-refractivity contribution in [2.75, 3.05) is 19.5 Å². The summed E-state index contributed by atoms with van der Waals surface area (Å²) in [5.41, 5.74) is -0.738. The minimum absolute atomic E-state index is 0.00464. The number of aromatic nitrogens is 2. The van der Waals surface area contributed by atoms with Gasteiger partial charge in [-0.1, -0.05) is 52.0 Å². The van der Waals surface area contributed by atoms with Crippen molar-refractivity contribution in [2.45, 2.75) is 63.7 Å². The lowest BCUT2D eigenvalue weighted by Gasteiger charge is -2.22. The molecule has 1 heterocycles. The van der Waals surface area contributed by atoms with Crippen molar-refractivity contribution in [3.05, 3.63) is 76.4 Å². The van der Waals surface area contributed by atoms with Crippen LogP contribution in [0.15, 0.2) is 47.4 Å². The van der Waals surface area contributed by atoms with Crippen LogP contribution in [0.1, 0.15) is 72.4 Å². The Morgan fingerprint density at radius 3 is 2.25 bits per heavy atom. The molecule has 1 amide bonds. The maximum absolute atomic E-state index is 14.0. The number of benzene rings is 2. The number of hydrogen-bond acceptors (Lipinski definition) is 6. The molecule has 0 aliphatic rings. The van der Waals surface area contributed by atoms with Crippen molar-refractivity contribution in [1.82, 2.24) is 14.9 Å². The van der Waals surface area contributed by atoms with Gasteiger partial charge in [0.25, 0.3) is 5.91 Å². The van der Waals surface area contributed by atoms with Gasteiger partial charge in [-0.3, -0.25) is 4.79 Å². The molecule has 0 radical (unpaired) electrons. The number of aliphatic hydroxyl groups excluding tert-OH is 1. The molecule has 0 fully saturated rings. The second kappa shape index (κ2) is 11.6. The largest absolute Gasteiger partial charge is 0.496 e. The zero-order valence-electron chi connectivity index (χ0n) is 23.3. The summed E-state index contributed by atoms with van der Waals surface area (Å²) in [6.07, 6.45) is -4.67. The average Bonchev–Trinajstić information content (AvgIpc) is 3.22. The van der Waals surface area contributed by atoms with Gasteiger partial charge in [-0.2, -0.15) is 13.2 Å². The Labute approximate surface area is 232 Å². The van der Waals surface area contributed by atoms with Crippen LogP contribution in [0, 0.1) is 6.92 Å². The molecule has 1 unspecified atom stereocenters. The fourth-order valence-corrected chi connectivity index (χ4v) is 5.30. The third kappa shape index (κ3) is 6.49. The van der Waals surface area contributed by atoms with Crippen LogP contribution in [-0.4, -0.2) is 48.5 Å². The summed E-state index contributed by atoms with van der Waals surface area (Å²) >= 11 is 0. The van der Waals surface area contributed by atoms with E-state index in [-0.39, 0.29) is 34.2 Å². The number of nitrogens with zero attached hydrogens (tertiary/aromatic N) is 2. The molecule has 0 aliphatic heterocycles. The summed E-state index contributed by atoms with van der Waals surface area (Å²) in [6, 6.07) is 9.05. The van der Waals surface area contributed by atoms with Gasteiger partial charge < -0.3 is 19.7 Å². The lowest BCUT2D eigenvalue weighted by molar-refractivity contribution is -0.139. The molecule has 3 aromatic rings. The molecular formula is C28H34F3N3O5S. The quantitative estimate of drug-likeness (QED) is 0.375. The van der Waals surface area contributed by atoms with E-state index in [9.17, 15) is 31.5 Å². The number of carbonyl (C=O) groups is 1. The predicted octanol–water partition coefficient (Wildman–Crippen LogP) is 4.82. The Bertz CT molecular complexity index is 1470. The van der Waals surface area contributed by atoms with Crippen LogP contribution in [0.5, 0.6) is 5.75 Å². The minimum Gasteiger partial charge on any atom is -0.496 e. The molecule has 0 saturated heterocycles. The Morgan fingerprint density at radius 1 is 1.12 bits per heavy atom. The van der Waals surface area contributed by atoms with Crippen LogP contribution in [-0.2, 0) is 28.0 Å². The lowest BCUT2D eigenvalue weighted by Crippen LogP contribution is -2.31. The molecule has 2 N–H and O–H groups in total. The first-order chi connectivity index (χ1) is 18.5. The van der Waals surface area contributed by atoms with E-state index in [0.29, 0.717) is 17.1 Å². The highest BCUT2D eigenvalue weighted by Crippen LogP contribution is 2.39. The maximum Gasteiger partial charge on any atom is 0.420 e. The fourth-order valence-electron chi connectivity index (χ4n) is 4.42. The standard InChI is InChI=1S/C28H34F3N3O5S/c1-7-40(37,38)20-13-11-18(12-14-20)21(16-35)32-25(36)24-17(2)34(26(33-24)27(3,4)5)15-19-9-8-10-22(39-6)23(19)28(29,30)31/h8-14,21,35H,7,15-16H2,1-6H3,(H,32,36).